The largest absolute Gasteiger partial charge is 0.493 e. The summed E-state index contributed by atoms with van der Waals surface area (Å²) in [4.78, 5) is 4.22. The Kier molecular flexibility index (Phi) is 3.97. The molecule has 2 aromatic carbocycles. The minimum Gasteiger partial charge on any atom is -0.493 e. The van der Waals surface area contributed by atoms with E-state index in [2.05, 4.69) is 31.1 Å². The van der Waals surface area contributed by atoms with E-state index >= 15 is 0 Å². The maximum atomic E-state index is 14.3. The standard InChI is InChI=1S/C19H12BrF2N5O/c20-12-1-4-17-14(7-12)18-11(5-6-28-17)9-26(25-18)19-23-10-24-27(19)16-3-2-13(21)8-15(16)22/h1-4,7-10H,5-6H2. The second kappa shape index (κ2) is 6.52. The van der Waals surface area contributed by atoms with Gasteiger partial charge in [0.05, 0.1) is 12.3 Å². The van der Waals surface area contributed by atoms with Crippen LogP contribution in [-0.2, 0) is 6.42 Å². The summed E-state index contributed by atoms with van der Waals surface area (Å²) < 4.78 is 37.1. The van der Waals surface area contributed by atoms with Crippen LogP contribution in [0.25, 0.3) is 22.9 Å². The molecule has 0 saturated carbocycles. The lowest BCUT2D eigenvalue weighted by Crippen LogP contribution is -2.09. The number of hydrogen-bond donors (Lipinski definition) is 0. The Balaban J connectivity index is 1.65. The molecule has 0 bridgehead atoms. The van der Waals surface area contributed by atoms with E-state index in [4.69, 9.17) is 4.74 Å². The first-order valence-corrected chi connectivity index (χ1v) is 9.26. The summed E-state index contributed by atoms with van der Waals surface area (Å²) in [5.74, 6) is -0.339. The van der Waals surface area contributed by atoms with Gasteiger partial charge < -0.3 is 4.74 Å². The molecular formula is C19H12BrF2N5O. The average Bonchev–Trinajstić information content (AvgIpc) is 3.27. The lowest BCUT2D eigenvalue weighted by atomic mass is 10.1. The highest BCUT2D eigenvalue weighted by Crippen LogP contribution is 2.36. The highest BCUT2D eigenvalue weighted by Gasteiger charge is 2.22. The van der Waals surface area contributed by atoms with Crippen LogP contribution in [-0.4, -0.2) is 31.2 Å². The van der Waals surface area contributed by atoms with Gasteiger partial charge in [-0.3, -0.25) is 0 Å². The van der Waals surface area contributed by atoms with E-state index in [0.29, 0.717) is 19.0 Å². The van der Waals surface area contributed by atoms with Gasteiger partial charge in [0.1, 0.15) is 23.6 Å². The summed E-state index contributed by atoms with van der Waals surface area (Å²) in [6, 6.07) is 9.05. The molecule has 0 aliphatic carbocycles. The molecule has 1 aliphatic rings. The minimum atomic E-state index is -0.733. The first kappa shape index (κ1) is 17.1. The Hall–Kier alpha value is -3.07. The van der Waals surface area contributed by atoms with Crippen molar-refractivity contribution >= 4 is 15.9 Å². The van der Waals surface area contributed by atoms with Crippen LogP contribution in [0.3, 0.4) is 0 Å². The molecule has 9 heteroatoms. The molecule has 2 aromatic heterocycles. The van der Waals surface area contributed by atoms with Gasteiger partial charge in [0.25, 0.3) is 5.95 Å². The fourth-order valence-electron chi connectivity index (χ4n) is 3.22. The number of hydrogen-bond acceptors (Lipinski definition) is 4. The van der Waals surface area contributed by atoms with Crippen molar-refractivity contribution in [2.45, 2.75) is 6.42 Å². The minimum absolute atomic E-state index is 0.0890. The number of benzene rings is 2. The van der Waals surface area contributed by atoms with Crippen LogP contribution in [0.15, 0.2) is 53.4 Å². The van der Waals surface area contributed by atoms with Crippen LogP contribution >= 0.6 is 15.9 Å². The SMILES string of the molecule is Fc1ccc(-n2ncnc2-n2cc3c(n2)-c2cc(Br)ccc2OCC3)c(F)c1. The molecule has 0 spiro atoms. The van der Waals surface area contributed by atoms with Gasteiger partial charge in [-0.15, -0.1) is 0 Å². The summed E-state index contributed by atoms with van der Waals surface area (Å²) in [6.07, 6.45) is 3.80. The van der Waals surface area contributed by atoms with Crippen molar-refractivity contribution < 1.29 is 13.5 Å². The Morgan fingerprint density at radius 3 is 2.86 bits per heavy atom. The van der Waals surface area contributed by atoms with Crippen LogP contribution in [0.4, 0.5) is 8.78 Å². The van der Waals surface area contributed by atoms with Crippen LogP contribution in [0.2, 0.25) is 0 Å². The fourth-order valence-corrected chi connectivity index (χ4v) is 3.58. The molecular weight excluding hydrogens is 432 g/mol. The molecule has 28 heavy (non-hydrogen) atoms. The van der Waals surface area contributed by atoms with Crippen LogP contribution in [0.1, 0.15) is 5.56 Å². The zero-order valence-corrected chi connectivity index (χ0v) is 15.9. The quantitative estimate of drug-likeness (QED) is 0.468. The molecule has 6 nitrogen and oxygen atoms in total. The highest BCUT2D eigenvalue weighted by atomic mass is 79.9. The number of nitrogens with zero attached hydrogens (tertiary/aromatic N) is 5. The maximum absolute atomic E-state index is 14.3. The Bertz CT molecular complexity index is 1200. The number of rotatable bonds is 2. The van der Waals surface area contributed by atoms with Crippen molar-refractivity contribution in [1.82, 2.24) is 24.5 Å². The van der Waals surface area contributed by atoms with Gasteiger partial charge in [-0.2, -0.15) is 19.9 Å². The Morgan fingerprint density at radius 1 is 1.11 bits per heavy atom. The van der Waals surface area contributed by atoms with Crippen molar-refractivity contribution in [2.75, 3.05) is 6.61 Å². The summed E-state index contributed by atoms with van der Waals surface area (Å²) in [7, 11) is 0. The second-order valence-electron chi connectivity index (χ2n) is 6.25. The predicted molar refractivity (Wildman–Crippen MR) is 101 cm³/mol. The normalized spacial score (nSPS) is 12.8. The number of aromatic nitrogens is 5. The molecule has 0 unspecified atom stereocenters. The number of halogens is 3. The number of fused-ring (bicyclic) bond motifs is 3. The van der Waals surface area contributed by atoms with Gasteiger partial charge in [0.15, 0.2) is 5.82 Å². The van der Waals surface area contributed by atoms with E-state index in [-0.39, 0.29) is 5.69 Å². The van der Waals surface area contributed by atoms with Gasteiger partial charge in [-0.1, -0.05) is 15.9 Å². The van der Waals surface area contributed by atoms with Gasteiger partial charge in [-0.25, -0.2) is 13.5 Å². The Morgan fingerprint density at radius 2 is 2.00 bits per heavy atom. The zero-order chi connectivity index (χ0) is 19.3. The highest BCUT2D eigenvalue weighted by molar-refractivity contribution is 9.10. The van der Waals surface area contributed by atoms with Crippen LogP contribution < -0.4 is 4.74 Å². The smallest absolute Gasteiger partial charge is 0.253 e. The number of ether oxygens (including phenoxy) is 1. The molecule has 0 N–H and O–H groups in total. The van der Waals surface area contributed by atoms with Gasteiger partial charge in [0.2, 0.25) is 0 Å². The fraction of sp³-hybridized carbons (Fsp3) is 0.105. The van der Waals surface area contributed by atoms with Gasteiger partial charge in [0, 0.05) is 34.3 Å². The molecule has 1 aliphatic heterocycles. The van der Waals surface area contributed by atoms with Crippen molar-refractivity contribution in [3.63, 3.8) is 0 Å². The van der Waals surface area contributed by atoms with Crippen molar-refractivity contribution in [3.05, 3.63) is 70.6 Å². The summed E-state index contributed by atoms with van der Waals surface area (Å²) in [5, 5.41) is 8.75. The third kappa shape index (κ3) is 2.78. The molecule has 0 radical (unpaired) electrons. The summed E-state index contributed by atoms with van der Waals surface area (Å²) in [6.45, 7) is 0.520. The third-order valence-corrected chi connectivity index (χ3v) is 4.98. The van der Waals surface area contributed by atoms with Crippen molar-refractivity contribution in [1.29, 1.82) is 0 Å². The lowest BCUT2D eigenvalue weighted by molar-refractivity contribution is 0.326. The van der Waals surface area contributed by atoms with Crippen molar-refractivity contribution in [3.8, 4) is 28.6 Å². The summed E-state index contributed by atoms with van der Waals surface area (Å²) in [5.41, 5.74) is 2.69. The first-order chi connectivity index (χ1) is 13.6. The molecule has 140 valence electrons. The average molecular weight is 444 g/mol. The van der Waals surface area contributed by atoms with Gasteiger partial charge >= 0.3 is 0 Å². The van der Waals surface area contributed by atoms with Gasteiger partial charge in [-0.05, 0) is 30.3 Å². The second-order valence-corrected chi connectivity index (χ2v) is 7.17. The van der Waals surface area contributed by atoms with Crippen LogP contribution in [0.5, 0.6) is 5.75 Å². The van der Waals surface area contributed by atoms with Crippen LogP contribution in [0, 0.1) is 11.6 Å². The topological polar surface area (TPSA) is 57.8 Å². The van der Waals surface area contributed by atoms with E-state index in [1.807, 2.05) is 24.4 Å². The molecule has 0 fully saturated rings. The van der Waals surface area contributed by atoms with E-state index in [1.165, 1.54) is 23.1 Å². The molecule has 0 amide bonds. The maximum Gasteiger partial charge on any atom is 0.253 e. The molecule has 5 rings (SSSR count). The monoisotopic (exact) mass is 443 g/mol. The summed E-state index contributed by atoms with van der Waals surface area (Å²) >= 11 is 3.48. The van der Waals surface area contributed by atoms with E-state index < -0.39 is 11.6 Å². The Labute approximate surface area is 166 Å². The van der Waals surface area contributed by atoms with E-state index in [0.717, 1.165) is 33.1 Å². The third-order valence-electron chi connectivity index (χ3n) is 4.49. The molecule has 0 atom stereocenters. The molecule has 3 heterocycles. The predicted octanol–water partition coefficient (Wildman–Crippen LogP) is 4.10. The molecule has 0 saturated heterocycles. The molecule has 4 aromatic rings. The van der Waals surface area contributed by atoms with E-state index in [9.17, 15) is 8.78 Å². The zero-order valence-electron chi connectivity index (χ0n) is 14.3. The van der Waals surface area contributed by atoms with Crippen molar-refractivity contribution in [2.24, 2.45) is 0 Å². The first-order valence-electron chi connectivity index (χ1n) is 8.47. The van der Waals surface area contributed by atoms with E-state index in [1.54, 1.807) is 4.68 Å². The lowest BCUT2D eigenvalue weighted by Gasteiger charge is -2.08.